The number of aryl methyl sites for hydroxylation is 1. The Morgan fingerprint density at radius 2 is 1.97 bits per heavy atom. The highest BCUT2D eigenvalue weighted by atomic mass is 35.5. The van der Waals surface area contributed by atoms with E-state index in [-0.39, 0.29) is 23.6 Å². The van der Waals surface area contributed by atoms with Crippen molar-refractivity contribution in [2.24, 2.45) is 0 Å². The number of hydrogen-bond donors (Lipinski definition) is 1. The SMILES string of the molecule is Cc1nc2cn(C[C@@H]3CCCN3C(=O)OC(C)(C)C)c(O)c2c(-c2ccc(Cl)cc2Cl)c1C(=O)Cl. The number of benzene rings is 1. The van der Waals surface area contributed by atoms with Gasteiger partial charge in [0.05, 0.1) is 28.2 Å². The molecule has 1 N–H and O–H groups in total. The topological polar surface area (TPSA) is 84.7 Å². The highest BCUT2D eigenvalue weighted by Crippen LogP contribution is 2.43. The second-order valence-electron chi connectivity index (χ2n) is 9.68. The van der Waals surface area contributed by atoms with Crippen molar-refractivity contribution >= 4 is 57.0 Å². The smallest absolute Gasteiger partial charge is 0.410 e. The largest absolute Gasteiger partial charge is 0.494 e. The first kappa shape index (κ1) is 25.6. The Balaban J connectivity index is 1.82. The molecule has 1 fully saturated rings. The molecule has 3 aromatic rings. The molecule has 2 aromatic heterocycles. The highest BCUT2D eigenvalue weighted by molar-refractivity contribution is 6.68. The number of ether oxygens (including phenoxy) is 1. The molecular formula is C25H26Cl3N3O4. The van der Waals surface area contributed by atoms with E-state index in [1.165, 1.54) is 0 Å². The zero-order valence-corrected chi connectivity index (χ0v) is 22.1. The second kappa shape index (κ2) is 9.52. The maximum absolute atomic E-state index is 12.7. The molecule has 35 heavy (non-hydrogen) atoms. The Hall–Kier alpha value is -2.48. The third kappa shape index (κ3) is 5.08. The number of halogens is 3. The quantitative estimate of drug-likeness (QED) is 0.369. The third-order valence-corrected chi connectivity index (χ3v) is 6.73. The predicted octanol–water partition coefficient (Wildman–Crippen LogP) is 6.80. The van der Waals surface area contributed by atoms with Crippen LogP contribution in [0.5, 0.6) is 5.88 Å². The standard InChI is InChI=1S/C25H26Cl3N3O4/c1-13-19(22(28)32)20(16-8-7-14(26)10-17(16)27)21-18(29-13)12-30(23(21)33)11-15-6-5-9-31(15)24(34)35-25(2,3)4/h7-8,10,12,15,33H,5-6,9,11H2,1-4H3/t15-/m0/s1. The van der Waals surface area contributed by atoms with E-state index >= 15 is 0 Å². The van der Waals surface area contributed by atoms with Crippen molar-refractivity contribution in [3.8, 4) is 17.0 Å². The van der Waals surface area contributed by atoms with E-state index in [0.717, 1.165) is 12.8 Å². The second-order valence-corrected chi connectivity index (χ2v) is 10.9. The van der Waals surface area contributed by atoms with Crippen molar-refractivity contribution in [3.63, 3.8) is 0 Å². The lowest BCUT2D eigenvalue weighted by Gasteiger charge is -2.29. The molecule has 0 saturated carbocycles. The van der Waals surface area contributed by atoms with E-state index in [2.05, 4.69) is 4.98 Å². The molecule has 1 aliphatic heterocycles. The summed E-state index contributed by atoms with van der Waals surface area (Å²) in [5.74, 6) is -0.0938. The minimum Gasteiger partial charge on any atom is -0.494 e. The first-order chi connectivity index (χ1) is 16.4. The summed E-state index contributed by atoms with van der Waals surface area (Å²) in [4.78, 5) is 31.4. The van der Waals surface area contributed by atoms with Crippen molar-refractivity contribution in [2.45, 2.75) is 58.7 Å². The van der Waals surface area contributed by atoms with Crippen LogP contribution < -0.4 is 0 Å². The number of likely N-dealkylation sites (tertiary alicyclic amines) is 1. The van der Waals surface area contributed by atoms with Gasteiger partial charge in [-0.05, 0) is 64.3 Å². The number of carbonyl (C=O) groups is 2. The zero-order valence-electron chi connectivity index (χ0n) is 19.9. The molecule has 1 saturated heterocycles. The van der Waals surface area contributed by atoms with Crippen molar-refractivity contribution in [2.75, 3.05) is 6.54 Å². The minimum atomic E-state index is -0.711. The molecule has 1 aliphatic rings. The van der Waals surface area contributed by atoms with Crippen LogP contribution in [0.3, 0.4) is 0 Å². The fraction of sp³-hybridized carbons (Fsp3) is 0.400. The molecule has 7 nitrogen and oxygen atoms in total. The molecule has 4 rings (SSSR count). The predicted molar refractivity (Wildman–Crippen MR) is 138 cm³/mol. The van der Waals surface area contributed by atoms with Gasteiger partial charge in [0.25, 0.3) is 5.24 Å². The number of carbonyl (C=O) groups excluding carboxylic acids is 2. The molecule has 0 bridgehead atoms. The van der Waals surface area contributed by atoms with Gasteiger partial charge >= 0.3 is 6.09 Å². The van der Waals surface area contributed by atoms with Gasteiger partial charge in [0.15, 0.2) is 0 Å². The number of hydrogen-bond acceptors (Lipinski definition) is 5. The van der Waals surface area contributed by atoms with Gasteiger partial charge in [-0.25, -0.2) is 4.79 Å². The van der Waals surface area contributed by atoms with Crippen LogP contribution in [0.4, 0.5) is 4.79 Å². The Labute approximate surface area is 218 Å². The fourth-order valence-electron chi connectivity index (χ4n) is 4.55. The van der Waals surface area contributed by atoms with E-state index < -0.39 is 10.8 Å². The highest BCUT2D eigenvalue weighted by Gasteiger charge is 2.33. The summed E-state index contributed by atoms with van der Waals surface area (Å²) in [5, 5.41) is 11.7. The number of aromatic nitrogens is 2. The van der Waals surface area contributed by atoms with E-state index in [1.807, 2.05) is 20.8 Å². The third-order valence-electron chi connectivity index (χ3n) is 5.99. The Morgan fingerprint density at radius 1 is 1.26 bits per heavy atom. The first-order valence-corrected chi connectivity index (χ1v) is 12.4. The van der Waals surface area contributed by atoms with Crippen LogP contribution in [0, 0.1) is 6.92 Å². The zero-order chi connectivity index (χ0) is 25.7. The Morgan fingerprint density at radius 3 is 2.60 bits per heavy atom. The molecule has 3 heterocycles. The van der Waals surface area contributed by atoms with Gasteiger partial charge in [-0.3, -0.25) is 9.78 Å². The van der Waals surface area contributed by atoms with Crippen LogP contribution in [-0.2, 0) is 11.3 Å². The molecule has 10 heteroatoms. The van der Waals surface area contributed by atoms with Gasteiger partial charge < -0.3 is 19.3 Å². The molecular weight excluding hydrogens is 513 g/mol. The molecule has 1 aromatic carbocycles. The van der Waals surface area contributed by atoms with Crippen LogP contribution in [0.25, 0.3) is 22.0 Å². The summed E-state index contributed by atoms with van der Waals surface area (Å²) in [6, 6.07) is 4.72. The van der Waals surface area contributed by atoms with E-state index in [9.17, 15) is 14.7 Å². The van der Waals surface area contributed by atoms with Crippen molar-refractivity contribution in [1.82, 2.24) is 14.5 Å². The molecule has 0 spiro atoms. The molecule has 0 radical (unpaired) electrons. The van der Waals surface area contributed by atoms with Crippen LogP contribution in [0.2, 0.25) is 10.0 Å². The number of nitrogens with zero attached hydrogens (tertiary/aromatic N) is 3. The Kier molecular flexibility index (Phi) is 6.97. The summed E-state index contributed by atoms with van der Waals surface area (Å²) in [7, 11) is 0. The average molecular weight is 539 g/mol. The number of pyridine rings is 1. The fourth-order valence-corrected chi connectivity index (χ4v) is 5.29. The maximum Gasteiger partial charge on any atom is 0.410 e. The summed E-state index contributed by atoms with van der Waals surface area (Å²) < 4.78 is 7.20. The lowest BCUT2D eigenvalue weighted by Crippen LogP contribution is -2.41. The number of aromatic hydroxyl groups is 1. The molecule has 1 atom stereocenters. The average Bonchev–Trinajstić information content (AvgIpc) is 3.31. The molecule has 0 unspecified atom stereocenters. The number of fused-ring (bicyclic) bond motifs is 1. The summed E-state index contributed by atoms with van der Waals surface area (Å²) >= 11 is 18.5. The van der Waals surface area contributed by atoms with Crippen molar-refractivity contribution in [3.05, 3.63) is 45.7 Å². The lowest BCUT2D eigenvalue weighted by atomic mass is 9.96. The van der Waals surface area contributed by atoms with Crippen LogP contribution >= 0.6 is 34.8 Å². The van der Waals surface area contributed by atoms with E-state index in [1.54, 1.807) is 40.8 Å². The summed E-state index contributed by atoms with van der Waals surface area (Å²) in [6.45, 7) is 8.07. The molecule has 0 aliphatic carbocycles. The Bertz CT molecular complexity index is 1330. The minimum absolute atomic E-state index is 0.0938. The van der Waals surface area contributed by atoms with Gasteiger partial charge in [-0.15, -0.1) is 0 Å². The van der Waals surface area contributed by atoms with Crippen LogP contribution in [0.1, 0.15) is 49.7 Å². The van der Waals surface area contributed by atoms with E-state index in [4.69, 9.17) is 39.5 Å². The van der Waals surface area contributed by atoms with Gasteiger partial charge in [0.1, 0.15) is 5.60 Å². The van der Waals surface area contributed by atoms with Crippen molar-refractivity contribution in [1.29, 1.82) is 0 Å². The molecule has 1 amide bonds. The van der Waals surface area contributed by atoms with Gasteiger partial charge in [-0.1, -0.05) is 29.3 Å². The van der Waals surface area contributed by atoms with E-state index in [0.29, 0.717) is 50.9 Å². The lowest BCUT2D eigenvalue weighted by molar-refractivity contribution is 0.0212. The van der Waals surface area contributed by atoms with Gasteiger partial charge in [0, 0.05) is 40.5 Å². The first-order valence-electron chi connectivity index (χ1n) is 11.2. The number of rotatable bonds is 4. The van der Waals surface area contributed by atoms with Gasteiger partial charge in [0.2, 0.25) is 5.88 Å². The summed E-state index contributed by atoms with van der Waals surface area (Å²) in [5.41, 5.74) is 1.33. The van der Waals surface area contributed by atoms with Crippen LogP contribution in [0.15, 0.2) is 24.4 Å². The normalized spacial score (nSPS) is 16.2. The maximum atomic E-state index is 12.7. The summed E-state index contributed by atoms with van der Waals surface area (Å²) in [6.07, 6.45) is 2.92. The van der Waals surface area contributed by atoms with Gasteiger partial charge in [-0.2, -0.15) is 0 Å². The molecule has 186 valence electrons. The monoisotopic (exact) mass is 537 g/mol. The van der Waals surface area contributed by atoms with Crippen LogP contribution in [-0.4, -0.2) is 49.1 Å². The number of amides is 1. The van der Waals surface area contributed by atoms with Crippen molar-refractivity contribution < 1.29 is 19.4 Å².